The number of amides is 1. The number of benzene rings is 1. The van der Waals surface area contributed by atoms with E-state index in [2.05, 4.69) is 10.3 Å². The zero-order valence-corrected chi connectivity index (χ0v) is 18.3. The number of methoxy groups -OCH3 is 2. The number of likely N-dealkylation sites (N-methyl/N-ethyl adjacent to an activating group) is 1. The highest BCUT2D eigenvalue weighted by molar-refractivity contribution is 6.03. The van der Waals surface area contributed by atoms with Gasteiger partial charge in [0.05, 0.1) is 37.7 Å². The summed E-state index contributed by atoms with van der Waals surface area (Å²) in [6, 6.07) is 6.67. The highest BCUT2D eigenvalue weighted by Gasteiger charge is 2.31. The van der Waals surface area contributed by atoms with Gasteiger partial charge < -0.3 is 24.7 Å². The van der Waals surface area contributed by atoms with Crippen LogP contribution in [0.2, 0.25) is 0 Å². The van der Waals surface area contributed by atoms with E-state index in [1.807, 2.05) is 19.1 Å². The molecule has 0 saturated carbocycles. The van der Waals surface area contributed by atoms with E-state index in [-0.39, 0.29) is 18.2 Å². The lowest BCUT2D eigenvalue weighted by atomic mass is 10.0. The minimum atomic E-state index is -0.485. The molecule has 0 aliphatic carbocycles. The summed E-state index contributed by atoms with van der Waals surface area (Å²) in [4.78, 5) is 41.5. The van der Waals surface area contributed by atoms with Crippen LogP contribution in [0.5, 0.6) is 5.75 Å². The summed E-state index contributed by atoms with van der Waals surface area (Å²) < 4.78 is 10.1. The third-order valence-corrected chi connectivity index (χ3v) is 5.30. The number of para-hydroxylation sites is 2. The molecule has 0 radical (unpaired) electrons. The van der Waals surface area contributed by atoms with Gasteiger partial charge in [-0.1, -0.05) is 12.1 Å². The molecule has 3 N–H and O–H groups in total. The van der Waals surface area contributed by atoms with Crippen LogP contribution in [0.1, 0.15) is 46.0 Å². The summed E-state index contributed by atoms with van der Waals surface area (Å²) in [6.45, 7) is 7.84. The van der Waals surface area contributed by atoms with Gasteiger partial charge >= 0.3 is 5.97 Å². The average Bonchev–Trinajstić information content (AvgIpc) is 3.04. The number of hydrogen-bond acceptors (Lipinski definition) is 5. The first kappa shape index (κ1) is 23.2. The van der Waals surface area contributed by atoms with Crippen molar-refractivity contribution >= 4 is 23.3 Å². The number of aryl methyl sites for hydroxylation is 1. The lowest BCUT2D eigenvalue weighted by molar-refractivity contribution is -0.903. The Morgan fingerprint density at radius 3 is 2.43 bits per heavy atom. The number of aromatic amines is 1. The maximum Gasteiger partial charge on any atom is 0.339 e. The molecule has 1 amide bonds. The fourth-order valence-corrected chi connectivity index (χ4v) is 3.54. The van der Waals surface area contributed by atoms with Crippen LogP contribution in [-0.2, 0) is 9.53 Å². The third-order valence-electron chi connectivity index (χ3n) is 5.30. The maximum atomic E-state index is 13.1. The second-order valence-corrected chi connectivity index (χ2v) is 7.14. The van der Waals surface area contributed by atoms with E-state index in [9.17, 15) is 14.4 Å². The minimum absolute atomic E-state index is 0.115. The SMILES string of the molecule is CC[NH+](CC(=O)Nc1ccccc1OC)[C@@H](C)C(=O)c1[nH]c(C)c(C(=O)OC)c1C. The smallest absolute Gasteiger partial charge is 0.339 e. The molecule has 1 aromatic carbocycles. The Hall–Kier alpha value is -3.13. The molecule has 0 saturated heterocycles. The lowest BCUT2D eigenvalue weighted by Crippen LogP contribution is -3.17. The van der Waals surface area contributed by atoms with Gasteiger partial charge in [-0.3, -0.25) is 9.59 Å². The molecule has 30 heavy (non-hydrogen) atoms. The fourth-order valence-electron chi connectivity index (χ4n) is 3.54. The van der Waals surface area contributed by atoms with Gasteiger partial charge in [0.25, 0.3) is 5.91 Å². The second-order valence-electron chi connectivity index (χ2n) is 7.14. The zero-order valence-electron chi connectivity index (χ0n) is 18.3. The zero-order chi connectivity index (χ0) is 22.4. The van der Waals surface area contributed by atoms with Gasteiger partial charge in [0.1, 0.15) is 5.75 Å². The van der Waals surface area contributed by atoms with E-state index in [0.29, 0.717) is 40.5 Å². The molecule has 1 aromatic heterocycles. The van der Waals surface area contributed by atoms with Crippen LogP contribution in [0.4, 0.5) is 5.69 Å². The van der Waals surface area contributed by atoms with E-state index < -0.39 is 12.0 Å². The Labute approximate surface area is 176 Å². The van der Waals surface area contributed by atoms with Crippen molar-refractivity contribution in [2.75, 3.05) is 32.6 Å². The number of ether oxygens (including phenoxy) is 2. The number of Topliss-reactive ketones (excluding diaryl/α,β-unsaturated/α-hetero) is 1. The molecule has 0 aliphatic heterocycles. The van der Waals surface area contributed by atoms with Crippen molar-refractivity contribution < 1.29 is 28.8 Å². The Bertz CT molecular complexity index is 935. The summed E-state index contributed by atoms with van der Waals surface area (Å²) in [7, 11) is 2.85. The van der Waals surface area contributed by atoms with E-state index in [1.165, 1.54) is 7.11 Å². The van der Waals surface area contributed by atoms with Gasteiger partial charge in [-0.05, 0) is 45.4 Å². The first-order chi connectivity index (χ1) is 14.2. The minimum Gasteiger partial charge on any atom is -0.495 e. The fraction of sp³-hybridized carbons (Fsp3) is 0.409. The molecule has 2 rings (SSSR count). The lowest BCUT2D eigenvalue weighted by Gasteiger charge is -2.23. The Morgan fingerprint density at radius 2 is 1.83 bits per heavy atom. The molecule has 8 nitrogen and oxygen atoms in total. The largest absolute Gasteiger partial charge is 0.495 e. The number of anilines is 1. The second kappa shape index (κ2) is 10.1. The van der Waals surface area contributed by atoms with Crippen LogP contribution in [0.3, 0.4) is 0 Å². The van der Waals surface area contributed by atoms with Gasteiger partial charge in [0.2, 0.25) is 5.78 Å². The van der Waals surface area contributed by atoms with Crippen molar-refractivity contribution in [3.05, 3.63) is 46.8 Å². The van der Waals surface area contributed by atoms with Crippen LogP contribution in [0.25, 0.3) is 0 Å². The number of esters is 1. The van der Waals surface area contributed by atoms with Crippen LogP contribution < -0.4 is 15.0 Å². The molecular weight excluding hydrogens is 386 g/mol. The molecule has 2 atom stereocenters. The molecule has 0 bridgehead atoms. The maximum absolute atomic E-state index is 13.1. The number of quaternary nitrogens is 1. The standard InChI is InChI=1S/C22H29N3O5/c1-7-25(12-18(26)24-16-10-8-9-11-17(16)29-5)15(4)21(27)20-13(2)19(14(3)23-20)22(28)30-6/h8-11,15,23H,7,12H2,1-6H3,(H,24,26)/p+1/t15-/m0/s1. The summed E-state index contributed by atoms with van der Waals surface area (Å²) in [5.41, 5.74) is 2.47. The first-order valence-electron chi connectivity index (χ1n) is 9.84. The molecule has 1 heterocycles. The van der Waals surface area contributed by atoms with Crippen LogP contribution >= 0.6 is 0 Å². The Balaban J connectivity index is 2.16. The molecular formula is C22H30N3O5+. The number of carbonyl (C=O) groups is 3. The van der Waals surface area contributed by atoms with E-state index in [0.717, 1.165) is 4.90 Å². The van der Waals surface area contributed by atoms with Crippen LogP contribution in [0, 0.1) is 13.8 Å². The summed E-state index contributed by atoms with van der Waals surface area (Å²) in [5.74, 6) is -0.289. The average molecular weight is 416 g/mol. The van der Waals surface area contributed by atoms with Crippen molar-refractivity contribution in [2.24, 2.45) is 0 Å². The van der Waals surface area contributed by atoms with Crippen molar-refractivity contribution in [1.82, 2.24) is 4.98 Å². The Kier molecular flexibility index (Phi) is 7.77. The van der Waals surface area contributed by atoms with Gasteiger partial charge in [0, 0.05) is 5.69 Å². The number of hydrogen-bond donors (Lipinski definition) is 3. The summed E-state index contributed by atoms with van der Waals surface area (Å²) >= 11 is 0. The molecule has 0 fully saturated rings. The van der Waals surface area contributed by atoms with E-state index in [4.69, 9.17) is 9.47 Å². The van der Waals surface area contributed by atoms with Crippen LogP contribution in [-0.4, -0.2) is 56.0 Å². The van der Waals surface area contributed by atoms with Crippen molar-refractivity contribution in [3.63, 3.8) is 0 Å². The third kappa shape index (κ3) is 4.88. The number of nitrogens with one attached hydrogen (secondary N) is 3. The normalized spacial score (nSPS) is 12.7. The topological polar surface area (TPSA) is 102 Å². The van der Waals surface area contributed by atoms with Gasteiger partial charge in [-0.2, -0.15) is 0 Å². The van der Waals surface area contributed by atoms with Crippen LogP contribution in [0.15, 0.2) is 24.3 Å². The Morgan fingerprint density at radius 1 is 1.17 bits per heavy atom. The predicted molar refractivity (Wildman–Crippen MR) is 113 cm³/mol. The monoisotopic (exact) mass is 416 g/mol. The highest BCUT2D eigenvalue weighted by atomic mass is 16.5. The number of aromatic nitrogens is 1. The molecule has 1 unspecified atom stereocenters. The van der Waals surface area contributed by atoms with Gasteiger partial charge in [-0.15, -0.1) is 0 Å². The quantitative estimate of drug-likeness (QED) is 0.425. The van der Waals surface area contributed by atoms with Crippen molar-refractivity contribution in [3.8, 4) is 5.75 Å². The first-order valence-corrected chi connectivity index (χ1v) is 9.84. The number of H-pyrrole nitrogens is 1. The molecule has 162 valence electrons. The number of carbonyl (C=O) groups excluding carboxylic acids is 3. The van der Waals surface area contributed by atoms with E-state index in [1.54, 1.807) is 40.0 Å². The molecule has 2 aromatic rings. The predicted octanol–water partition coefficient (Wildman–Crippen LogP) is 1.54. The molecule has 8 heteroatoms. The molecule has 0 aliphatic rings. The van der Waals surface area contributed by atoms with Gasteiger partial charge in [0.15, 0.2) is 12.6 Å². The van der Waals surface area contributed by atoms with E-state index >= 15 is 0 Å². The van der Waals surface area contributed by atoms with Crippen molar-refractivity contribution in [2.45, 2.75) is 33.7 Å². The molecule has 0 spiro atoms. The highest BCUT2D eigenvalue weighted by Crippen LogP contribution is 2.23. The van der Waals surface area contributed by atoms with Crippen molar-refractivity contribution in [1.29, 1.82) is 0 Å². The van der Waals surface area contributed by atoms with Gasteiger partial charge in [-0.25, -0.2) is 4.79 Å². The number of rotatable bonds is 9. The summed E-state index contributed by atoms with van der Waals surface area (Å²) in [5, 5.41) is 2.84. The summed E-state index contributed by atoms with van der Waals surface area (Å²) in [6.07, 6.45) is 0. The number of ketones is 1.